The van der Waals surface area contributed by atoms with Gasteiger partial charge in [-0.25, -0.2) is 8.78 Å². The van der Waals surface area contributed by atoms with Gasteiger partial charge in [0.25, 0.3) is 0 Å². The zero-order valence-corrected chi connectivity index (χ0v) is 16.2. The fourth-order valence-electron chi connectivity index (χ4n) is 3.31. The second kappa shape index (κ2) is 7.75. The van der Waals surface area contributed by atoms with Crippen molar-refractivity contribution < 1.29 is 18.4 Å². The smallest absolute Gasteiger partial charge is 0.235 e. The van der Waals surface area contributed by atoms with Crippen LogP contribution in [0.1, 0.15) is 23.3 Å². The predicted octanol–water partition coefficient (Wildman–Crippen LogP) is 4.88. The fourth-order valence-corrected chi connectivity index (χ4v) is 4.01. The minimum Gasteiger partial charge on any atom is -0.326 e. The molecule has 0 bridgehead atoms. The van der Waals surface area contributed by atoms with Crippen LogP contribution in [0.3, 0.4) is 0 Å². The minimum atomic E-state index is -1.05. The zero-order valence-electron chi connectivity index (χ0n) is 15.4. The van der Waals surface area contributed by atoms with Crippen LogP contribution >= 0.6 is 11.3 Å². The summed E-state index contributed by atoms with van der Waals surface area (Å²) in [4.78, 5) is 25.9. The molecule has 0 aliphatic heterocycles. The van der Waals surface area contributed by atoms with Gasteiger partial charge in [-0.15, -0.1) is 11.3 Å². The van der Waals surface area contributed by atoms with Gasteiger partial charge in [0, 0.05) is 21.8 Å². The second-order valence-corrected chi connectivity index (χ2v) is 8.08. The molecule has 3 aromatic rings. The highest BCUT2D eigenvalue weighted by Gasteiger charge is 2.53. The highest BCUT2D eigenvalue weighted by molar-refractivity contribution is 7.10. The number of anilines is 2. The van der Waals surface area contributed by atoms with Crippen molar-refractivity contribution in [2.45, 2.75) is 24.7 Å². The summed E-state index contributed by atoms with van der Waals surface area (Å²) in [7, 11) is 0. The SMILES string of the molecule is O=C(Cc1cccs1)Nc1cccc(NC(=O)C2(c3cc(F)ccc3F)CC2)c1. The van der Waals surface area contributed by atoms with Crippen LogP contribution in [-0.4, -0.2) is 11.8 Å². The number of rotatable bonds is 6. The quantitative estimate of drug-likeness (QED) is 0.606. The maximum Gasteiger partial charge on any atom is 0.235 e. The predicted molar refractivity (Wildman–Crippen MR) is 109 cm³/mol. The second-order valence-electron chi connectivity index (χ2n) is 7.05. The molecule has 0 saturated heterocycles. The monoisotopic (exact) mass is 412 g/mol. The lowest BCUT2D eigenvalue weighted by atomic mass is 9.94. The summed E-state index contributed by atoms with van der Waals surface area (Å²) in [5.74, 6) is -1.70. The molecule has 1 fully saturated rings. The number of hydrogen-bond donors (Lipinski definition) is 2. The van der Waals surface area contributed by atoms with Gasteiger partial charge in [0.1, 0.15) is 11.6 Å². The topological polar surface area (TPSA) is 58.2 Å². The van der Waals surface area contributed by atoms with E-state index < -0.39 is 17.0 Å². The van der Waals surface area contributed by atoms with E-state index in [9.17, 15) is 18.4 Å². The third-order valence-corrected chi connectivity index (χ3v) is 5.82. The molecular formula is C22H18F2N2O2S. The summed E-state index contributed by atoms with van der Waals surface area (Å²) in [5.41, 5.74) is 0.0542. The number of carbonyl (C=O) groups excluding carboxylic acids is 2. The molecule has 0 radical (unpaired) electrons. The summed E-state index contributed by atoms with van der Waals surface area (Å²) in [6.45, 7) is 0. The van der Waals surface area contributed by atoms with Crippen LogP contribution < -0.4 is 10.6 Å². The first kappa shape index (κ1) is 19.3. The maximum atomic E-state index is 14.2. The molecule has 0 spiro atoms. The van der Waals surface area contributed by atoms with Crippen molar-refractivity contribution in [3.63, 3.8) is 0 Å². The van der Waals surface area contributed by atoms with Crippen LogP contribution in [0.4, 0.5) is 20.2 Å². The Balaban J connectivity index is 1.46. The third-order valence-electron chi connectivity index (χ3n) is 4.95. The van der Waals surface area contributed by atoms with E-state index in [0.717, 1.165) is 23.1 Å². The molecule has 4 rings (SSSR count). The van der Waals surface area contributed by atoms with E-state index in [-0.39, 0.29) is 23.8 Å². The van der Waals surface area contributed by atoms with E-state index in [1.54, 1.807) is 24.3 Å². The molecule has 1 heterocycles. The van der Waals surface area contributed by atoms with Crippen molar-refractivity contribution in [3.8, 4) is 0 Å². The first-order valence-electron chi connectivity index (χ1n) is 9.15. The van der Waals surface area contributed by atoms with Gasteiger partial charge in [-0.2, -0.15) is 0 Å². The third kappa shape index (κ3) is 4.19. The molecule has 0 atom stereocenters. The Morgan fingerprint density at radius 1 is 0.966 bits per heavy atom. The number of nitrogens with one attached hydrogen (secondary N) is 2. The molecule has 0 unspecified atom stereocenters. The Hall–Kier alpha value is -3.06. The van der Waals surface area contributed by atoms with Gasteiger partial charge in [0.2, 0.25) is 11.8 Å². The van der Waals surface area contributed by atoms with Gasteiger partial charge < -0.3 is 10.6 Å². The summed E-state index contributed by atoms with van der Waals surface area (Å²) in [5, 5.41) is 7.49. The number of benzene rings is 2. The number of hydrogen-bond acceptors (Lipinski definition) is 3. The van der Waals surface area contributed by atoms with Crippen LogP contribution in [0, 0.1) is 11.6 Å². The maximum absolute atomic E-state index is 14.2. The molecule has 2 amide bonds. The minimum absolute atomic E-state index is 0.0791. The summed E-state index contributed by atoms with van der Waals surface area (Å²) < 4.78 is 27.7. The Kier molecular flexibility index (Phi) is 5.15. The van der Waals surface area contributed by atoms with Crippen LogP contribution in [-0.2, 0) is 21.4 Å². The van der Waals surface area contributed by atoms with E-state index in [1.807, 2.05) is 17.5 Å². The lowest BCUT2D eigenvalue weighted by Gasteiger charge is -2.17. The number of amides is 2. The van der Waals surface area contributed by atoms with Crippen molar-refractivity contribution in [2.24, 2.45) is 0 Å². The van der Waals surface area contributed by atoms with Gasteiger partial charge in [0.15, 0.2) is 0 Å². The molecule has 1 aliphatic rings. The van der Waals surface area contributed by atoms with Crippen molar-refractivity contribution >= 4 is 34.5 Å². The largest absolute Gasteiger partial charge is 0.326 e. The van der Waals surface area contributed by atoms with E-state index in [0.29, 0.717) is 24.2 Å². The normalized spacial score (nSPS) is 14.3. The Morgan fingerprint density at radius 2 is 1.72 bits per heavy atom. The van der Waals surface area contributed by atoms with Gasteiger partial charge in [0.05, 0.1) is 11.8 Å². The summed E-state index contributed by atoms with van der Waals surface area (Å²) in [6.07, 6.45) is 1.18. The van der Waals surface area contributed by atoms with E-state index >= 15 is 0 Å². The molecule has 1 aliphatic carbocycles. The van der Waals surface area contributed by atoms with Crippen LogP contribution in [0.15, 0.2) is 60.0 Å². The van der Waals surface area contributed by atoms with Gasteiger partial charge in [-0.05, 0) is 60.7 Å². The lowest BCUT2D eigenvalue weighted by Crippen LogP contribution is -2.29. The van der Waals surface area contributed by atoms with Crippen LogP contribution in [0.25, 0.3) is 0 Å². The Bertz CT molecular complexity index is 1060. The molecule has 148 valence electrons. The molecule has 7 heteroatoms. The van der Waals surface area contributed by atoms with Gasteiger partial charge in [-0.3, -0.25) is 9.59 Å². The average molecular weight is 412 g/mol. The molecule has 4 nitrogen and oxygen atoms in total. The van der Waals surface area contributed by atoms with Crippen molar-refractivity contribution in [2.75, 3.05) is 10.6 Å². The number of halogens is 2. The highest BCUT2D eigenvalue weighted by Crippen LogP contribution is 2.50. The summed E-state index contributed by atoms with van der Waals surface area (Å²) in [6, 6.07) is 13.7. The first-order valence-corrected chi connectivity index (χ1v) is 10.0. The van der Waals surface area contributed by atoms with E-state index in [2.05, 4.69) is 10.6 Å². The van der Waals surface area contributed by atoms with Gasteiger partial charge >= 0.3 is 0 Å². The Labute approximate surface area is 170 Å². The highest BCUT2D eigenvalue weighted by atomic mass is 32.1. The Morgan fingerprint density at radius 3 is 2.41 bits per heavy atom. The summed E-state index contributed by atoms with van der Waals surface area (Å²) >= 11 is 1.51. The average Bonchev–Trinajstić information content (AvgIpc) is 3.34. The molecular weight excluding hydrogens is 394 g/mol. The molecule has 1 saturated carbocycles. The van der Waals surface area contributed by atoms with Crippen molar-refractivity contribution in [3.05, 3.63) is 82.1 Å². The lowest BCUT2D eigenvalue weighted by molar-refractivity contribution is -0.118. The van der Waals surface area contributed by atoms with E-state index in [4.69, 9.17) is 0 Å². The van der Waals surface area contributed by atoms with Crippen molar-refractivity contribution in [1.82, 2.24) is 0 Å². The van der Waals surface area contributed by atoms with Gasteiger partial charge in [-0.1, -0.05) is 12.1 Å². The zero-order chi connectivity index (χ0) is 20.4. The number of thiophene rings is 1. The first-order chi connectivity index (χ1) is 14.0. The molecule has 1 aromatic heterocycles. The number of carbonyl (C=O) groups is 2. The molecule has 2 aromatic carbocycles. The standard InChI is InChI=1S/C22H18F2N2O2S/c23-14-6-7-19(24)18(11-14)22(8-9-22)21(28)26-16-4-1-3-15(12-16)25-20(27)13-17-5-2-10-29-17/h1-7,10-12H,8-9,13H2,(H,25,27)(H,26,28). The fraction of sp³-hybridized carbons (Fsp3) is 0.182. The van der Waals surface area contributed by atoms with Crippen molar-refractivity contribution in [1.29, 1.82) is 0 Å². The van der Waals surface area contributed by atoms with Crippen LogP contribution in [0.2, 0.25) is 0 Å². The molecule has 2 N–H and O–H groups in total. The molecule has 29 heavy (non-hydrogen) atoms. The van der Waals surface area contributed by atoms with Crippen LogP contribution in [0.5, 0.6) is 0 Å². The van der Waals surface area contributed by atoms with E-state index in [1.165, 1.54) is 11.3 Å².